The van der Waals surface area contributed by atoms with Crippen molar-refractivity contribution in [2.24, 2.45) is 5.73 Å². The molecule has 0 aliphatic rings. The third-order valence-corrected chi connectivity index (χ3v) is 3.14. The summed E-state index contributed by atoms with van der Waals surface area (Å²) in [4.78, 5) is 0. The molecule has 2 rings (SSSR count). The number of nitrogens with two attached hydrogens (primary N) is 1. The van der Waals surface area contributed by atoms with Crippen molar-refractivity contribution in [3.8, 4) is 0 Å². The minimum absolute atomic E-state index is 0.206. The number of hydrogen-bond donors (Lipinski definition) is 1. The lowest BCUT2D eigenvalue weighted by atomic mass is 9.97. The van der Waals surface area contributed by atoms with Gasteiger partial charge in [0.25, 0.3) is 0 Å². The van der Waals surface area contributed by atoms with Crippen LogP contribution in [0.15, 0.2) is 42.5 Å². The third kappa shape index (κ3) is 3.11. The van der Waals surface area contributed by atoms with Crippen LogP contribution in [0.1, 0.15) is 22.7 Å². The van der Waals surface area contributed by atoms with Crippen LogP contribution in [0.5, 0.6) is 0 Å². The van der Waals surface area contributed by atoms with E-state index in [9.17, 15) is 17.6 Å². The van der Waals surface area contributed by atoms with Crippen LogP contribution in [0.3, 0.4) is 0 Å². The lowest BCUT2D eigenvalue weighted by Crippen LogP contribution is -2.15. The smallest absolute Gasteiger partial charge is 0.320 e. The SMILES string of the molecule is N[C@@H](c1ccc(Cl)cc1)c1cc(C(F)(F)F)ccc1F. The van der Waals surface area contributed by atoms with E-state index in [1.807, 2.05) is 0 Å². The Balaban J connectivity index is 2.43. The average molecular weight is 304 g/mol. The average Bonchev–Trinajstić information content (AvgIpc) is 2.38. The van der Waals surface area contributed by atoms with Gasteiger partial charge in [-0.1, -0.05) is 23.7 Å². The first-order valence-electron chi connectivity index (χ1n) is 5.66. The highest BCUT2D eigenvalue weighted by atomic mass is 35.5. The van der Waals surface area contributed by atoms with Gasteiger partial charge in [0, 0.05) is 10.6 Å². The molecule has 0 radical (unpaired) electrons. The summed E-state index contributed by atoms with van der Waals surface area (Å²) in [5.41, 5.74) is 5.17. The van der Waals surface area contributed by atoms with Crippen molar-refractivity contribution < 1.29 is 17.6 Å². The van der Waals surface area contributed by atoms with Gasteiger partial charge in [0.15, 0.2) is 0 Å². The summed E-state index contributed by atoms with van der Waals surface area (Å²) in [5.74, 6) is -0.777. The molecule has 0 amide bonds. The molecule has 0 aromatic heterocycles. The van der Waals surface area contributed by atoms with Gasteiger partial charge in [-0.25, -0.2) is 4.39 Å². The van der Waals surface area contributed by atoms with E-state index < -0.39 is 23.6 Å². The molecule has 0 heterocycles. The lowest BCUT2D eigenvalue weighted by molar-refractivity contribution is -0.137. The standard InChI is InChI=1S/C14H10ClF4N/c15-10-4-1-8(2-5-10)13(20)11-7-9(14(17,18)19)3-6-12(11)16/h1-7,13H,20H2/t13-/m0/s1. The normalized spacial score (nSPS) is 13.3. The van der Waals surface area contributed by atoms with Crippen LogP contribution in [-0.4, -0.2) is 0 Å². The number of halogens is 5. The number of alkyl halides is 3. The van der Waals surface area contributed by atoms with Gasteiger partial charge < -0.3 is 5.73 Å². The monoisotopic (exact) mass is 303 g/mol. The van der Waals surface area contributed by atoms with E-state index in [4.69, 9.17) is 17.3 Å². The van der Waals surface area contributed by atoms with Crippen molar-refractivity contribution in [2.75, 3.05) is 0 Å². The summed E-state index contributed by atoms with van der Waals surface area (Å²) < 4.78 is 51.6. The second-order valence-corrected chi connectivity index (χ2v) is 4.70. The van der Waals surface area contributed by atoms with Gasteiger partial charge in [0.2, 0.25) is 0 Å². The van der Waals surface area contributed by atoms with Crippen molar-refractivity contribution in [3.05, 3.63) is 70.0 Å². The Morgan fingerprint density at radius 2 is 1.60 bits per heavy atom. The molecule has 0 saturated carbocycles. The van der Waals surface area contributed by atoms with E-state index >= 15 is 0 Å². The first-order chi connectivity index (χ1) is 9.29. The molecular formula is C14H10ClF4N. The Kier molecular flexibility index (Phi) is 4.01. The summed E-state index contributed by atoms with van der Waals surface area (Å²) in [6, 6.07) is 7.38. The van der Waals surface area contributed by atoms with Crippen LogP contribution in [0, 0.1) is 5.82 Å². The fraction of sp³-hybridized carbons (Fsp3) is 0.143. The zero-order valence-corrected chi connectivity index (χ0v) is 10.8. The number of benzene rings is 2. The van der Waals surface area contributed by atoms with E-state index in [0.717, 1.165) is 12.1 Å². The van der Waals surface area contributed by atoms with Crippen molar-refractivity contribution in [1.82, 2.24) is 0 Å². The highest BCUT2D eigenvalue weighted by Crippen LogP contribution is 2.32. The Morgan fingerprint density at radius 1 is 1.00 bits per heavy atom. The van der Waals surface area contributed by atoms with Crippen LogP contribution >= 0.6 is 11.6 Å². The molecule has 0 fully saturated rings. The summed E-state index contributed by atoms with van der Waals surface area (Å²) in [6.45, 7) is 0. The van der Waals surface area contributed by atoms with Crippen LogP contribution < -0.4 is 5.73 Å². The Hall–Kier alpha value is -1.59. The van der Waals surface area contributed by atoms with E-state index in [-0.39, 0.29) is 5.56 Å². The molecule has 0 aliphatic carbocycles. The maximum atomic E-state index is 13.7. The van der Waals surface area contributed by atoms with Gasteiger partial charge in [0.05, 0.1) is 11.6 Å². The molecule has 0 aliphatic heterocycles. The molecule has 0 spiro atoms. The number of rotatable bonds is 2. The molecule has 1 nitrogen and oxygen atoms in total. The topological polar surface area (TPSA) is 26.0 Å². The van der Waals surface area contributed by atoms with Gasteiger partial charge in [-0.05, 0) is 35.9 Å². The van der Waals surface area contributed by atoms with Crippen LogP contribution in [0.25, 0.3) is 0 Å². The third-order valence-electron chi connectivity index (χ3n) is 2.89. The second kappa shape index (κ2) is 5.42. The molecule has 0 unspecified atom stereocenters. The fourth-order valence-electron chi connectivity index (χ4n) is 1.81. The van der Waals surface area contributed by atoms with E-state index in [2.05, 4.69) is 0 Å². The minimum atomic E-state index is -4.54. The molecule has 0 bridgehead atoms. The molecule has 2 aromatic rings. The predicted molar refractivity (Wildman–Crippen MR) is 68.9 cm³/mol. The first-order valence-corrected chi connectivity index (χ1v) is 6.04. The summed E-state index contributed by atoms with van der Waals surface area (Å²) in [5, 5.41) is 0.463. The van der Waals surface area contributed by atoms with Gasteiger partial charge in [-0.15, -0.1) is 0 Å². The van der Waals surface area contributed by atoms with Gasteiger partial charge in [-0.3, -0.25) is 0 Å². The molecule has 2 aromatic carbocycles. The van der Waals surface area contributed by atoms with Crippen molar-refractivity contribution in [3.63, 3.8) is 0 Å². The van der Waals surface area contributed by atoms with Gasteiger partial charge in [-0.2, -0.15) is 13.2 Å². The minimum Gasteiger partial charge on any atom is -0.320 e. The molecule has 2 N–H and O–H groups in total. The van der Waals surface area contributed by atoms with Crippen molar-refractivity contribution in [1.29, 1.82) is 0 Å². The largest absolute Gasteiger partial charge is 0.416 e. The fourth-order valence-corrected chi connectivity index (χ4v) is 1.93. The highest BCUT2D eigenvalue weighted by Gasteiger charge is 2.31. The summed E-state index contributed by atoms with van der Waals surface area (Å²) >= 11 is 5.72. The predicted octanol–water partition coefficient (Wildman–Crippen LogP) is 4.55. The first kappa shape index (κ1) is 14.8. The summed E-state index contributed by atoms with van der Waals surface area (Å²) in [6.07, 6.45) is -4.54. The Labute approximate surface area is 118 Å². The van der Waals surface area contributed by atoms with Crippen molar-refractivity contribution in [2.45, 2.75) is 12.2 Å². The Bertz CT molecular complexity index is 608. The van der Waals surface area contributed by atoms with E-state index in [1.54, 1.807) is 24.3 Å². The van der Waals surface area contributed by atoms with E-state index in [0.29, 0.717) is 16.7 Å². The molecule has 20 heavy (non-hydrogen) atoms. The number of hydrogen-bond acceptors (Lipinski definition) is 1. The van der Waals surface area contributed by atoms with Crippen LogP contribution in [0.2, 0.25) is 5.02 Å². The molecule has 106 valence electrons. The maximum Gasteiger partial charge on any atom is 0.416 e. The Morgan fingerprint density at radius 3 is 2.15 bits per heavy atom. The zero-order chi connectivity index (χ0) is 14.9. The van der Waals surface area contributed by atoms with E-state index in [1.165, 1.54) is 0 Å². The van der Waals surface area contributed by atoms with Crippen molar-refractivity contribution >= 4 is 11.6 Å². The molecule has 1 atom stereocenters. The molecule has 6 heteroatoms. The second-order valence-electron chi connectivity index (χ2n) is 4.26. The molecular weight excluding hydrogens is 294 g/mol. The van der Waals surface area contributed by atoms with Crippen LogP contribution in [-0.2, 0) is 6.18 Å². The summed E-state index contributed by atoms with van der Waals surface area (Å²) in [7, 11) is 0. The van der Waals surface area contributed by atoms with Gasteiger partial charge >= 0.3 is 6.18 Å². The highest BCUT2D eigenvalue weighted by molar-refractivity contribution is 6.30. The maximum absolute atomic E-state index is 13.7. The van der Waals surface area contributed by atoms with Crippen LogP contribution in [0.4, 0.5) is 17.6 Å². The zero-order valence-electron chi connectivity index (χ0n) is 10.1. The molecule has 0 saturated heterocycles. The lowest BCUT2D eigenvalue weighted by Gasteiger charge is -2.16. The quantitative estimate of drug-likeness (QED) is 0.810. The van der Waals surface area contributed by atoms with Gasteiger partial charge in [0.1, 0.15) is 5.82 Å².